The van der Waals surface area contributed by atoms with Crippen LogP contribution in [0, 0.1) is 0 Å². The summed E-state index contributed by atoms with van der Waals surface area (Å²) >= 11 is 0. The van der Waals surface area contributed by atoms with Gasteiger partial charge in [-0.15, -0.1) is 0 Å². The predicted octanol–water partition coefficient (Wildman–Crippen LogP) is 2.56. The Morgan fingerprint density at radius 1 is 1.03 bits per heavy atom. The molecule has 10 nitrogen and oxygen atoms in total. The number of amides is 2. The summed E-state index contributed by atoms with van der Waals surface area (Å²) in [5.41, 5.74) is 0.458. The molecule has 0 bridgehead atoms. The van der Waals surface area contributed by atoms with Crippen LogP contribution in [-0.4, -0.2) is 40.5 Å². The Hall–Kier alpha value is -3.60. The topological polar surface area (TPSA) is 135 Å². The highest BCUT2D eigenvalue weighted by Crippen LogP contribution is 2.27. The van der Waals surface area contributed by atoms with E-state index in [0.29, 0.717) is 0 Å². The van der Waals surface area contributed by atoms with Crippen LogP contribution in [0.1, 0.15) is 13.3 Å². The molecule has 0 fully saturated rings. The average Bonchev–Trinajstić information content (AvgIpc) is 2.74. The molecule has 0 heterocycles. The summed E-state index contributed by atoms with van der Waals surface area (Å²) in [6.45, 7) is 1.67. The first-order valence-corrected chi connectivity index (χ1v) is 10.2. The largest absolute Gasteiger partial charge is 0.453 e. The molecule has 0 aromatic heterocycles. The van der Waals surface area contributed by atoms with Crippen LogP contribution >= 0.6 is 0 Å². The minimum absolute atomic E-state index is 0.0210. The lowest BCUT2D eigenvalue weighted by molar-refractivity contribution is -0.115. The molecule has 2 aromatic rings. The number of nitrogens with one attached hydrogen (secondary N) is 3. The monoisotopic (exact) mass is 434 g/mol. The molecule has 0 unspecified atom stereocenters. The summed E-state index contributed by atoms with van der Waals surface area (Å²) in [4.78, 5) is 27.0. The summed E-state index contributed by atoms with van der Waals surface area (Å²) in [5, 5.41) is 7.76. The van der Waals surface area contributed by atoms with E-state index in [-0.39, 0.29) is 40.3 Å². The Kier molecular flexibility index (Phi) is 7.76. The lowest BCUT2D eigenvalue weighted by Crippen LogP contribution is -2.36. The molecule has 0 aliphatic heterocycles. The SMILES string of the molecule is CCC(=O)Nc1ccc(S(=O)(=O)Oc2ccccc2)cc1NC(=NC)NC(=O)OC. The molecular formula is C19H22N4O6S. The van der Waals surface area contributed by atoms with Crippen molar-refractivity contribution < 1.29 is 26.9 Å². The second-order valence-corrected chi connectivity index (χ2v) is 7.32. The molecule has 0 atom stereocenters. The summed E-state index contributed by atoms with van der Waals surface area (Å²) < 4.78 is 35.0. The zero-order valence-corrected chi connectivity index (χ0v) is 17.4. The van der Waals surface area contributed by atoms with Crippen molar-refractivity contribution in [1.29, 1.82) is 0 Å². The van der Waals surface area contributed by atoms with E-state index in [1.54, 1.807) is 25.1 Å². The van der Waals surface area contributed by atoms with E-state index in [0.717, 1.165) is 0 Å². The van der Waals surface area contributed by atoms with E-state index in [1.165, 1.54) is 44.5 Å². The number of hydrogen-bond donors (Lipinski definition) is 3. The van der Waals surface area contributed by atoms with Gasteiger partial charge in [0.15, 0.2) is 0 Å². The second kappa shape index (κ2) is 10.3. The quantitative estimate of drug-likeness (QED) is 0.361. The smallest absolute Gasteiger partial charge is 0.413 e. The second-order valence-electron chi connectivity index (χ2n) is 5.77. The van der Waals surface area contributed by atoms with Crippen molar-refractivity contribution in [2.45, 2.75) is 18.2 Å². The fraction of sp³-hybridized carbons (Fsp3) is 0.211. The van der Waals surface area contributed by atoms with E-state index in [2.05, 4.69) is 25.7 Å². The van der Waals surface area contributed by atoms with Gasteiger partial charge in [0.1, 0.15) is 10.6 Å². The van der Waals surface area contributed by atoms with Crippen molar-refractivity contribution in [3.8, 4) is 5.75 Å². The molecule has 0 saturated carbocycles. The Bertz CT molecular complexity index is 1040. The third-order valence-electron chi connectivity index (χ3n) is 3.71. The number of rotatable bonds is 6. The molecule has 11 heteroatoms. The van der Waals surface area contributed by atoms with Crippen LogP contribution in [0.5, 0.6) is 5.75 Å². The van der Waals surface area contributed by atoms with Gasteiger partial charge in [-0.25, -0.2) is 4.79 Å². The van der Waals surface area contributed by atoms with E-state index < -0.39 is 16.2 Å². The van der Waals surface area contributed by atoms with E-state index in [9.17, 15) is 18.0 Å². The summed E-state index contributed by atoms with van der Waals surface area (Å²) in [5.74, 6) is -0.156. The third-order valence-corrected chi connectivity index (χ3v) is 4.95. The van der Waals surface area contributed by atoms with E-state index in [1.807, 2.05) is 0 Å². The normalized spacial score (nSPS) is 11.4. The molecule has 2 amide bonds. The number of carbonyl (C=O) groups is 2. The molecule has 0 saturated heterocycles. The van der Waals surface area contributed by atoms with Crippen LogP contribution in [-0.2, 0) is 19.6 Å². The van der Waals surface area contributed by atoms with Crippen molar-refractivity contribution in [2.75, 3.05) is 24.8 Å². The highest BCUT2D eigenvalue weighted by molar-refractivity contribution is 7.87. The number of alkyl carbamates (subject to hydrolysis) is 1. The number of anilines is 2. The highest BCUT2D eigenvalue weighted by atomic mass is 32.2. The fourth-order valence-corrected chi connectivity index (χ4v) is 3.16. The Morgan fingerprint density at radius 2 is 1.73 bits per heavy atom. The van der Waals surface area contributed by atoms with Gasteiger partial charge in [0.25, 0.3) is 0 Å². The van der Waals surface area contributed by atoms with Gasteiger partial charge in [-0.1, -0.05) is 25.1 Å². The Labute approximate surface area is 174 Å². The summed E-state index contributed by atoms with van der Waals surface area (Å²) in [7, 11) is -1.57. The van der Waals surface area contributed by atoms with Crippen LogP contribution in [0.25, 0.3) is 0 Å². The van der Waals surface area contributed by atoms with Gasteiger partial charge in [0.2, 0.25) is 11.9 Å². The zero-order valence-electron chi connectivity index (χ0n) is 16.6. The lowest BCUT2D eigenvalue weighted by atomic mass is 10.2. The minimum atomic E-state index is -4.16. The van der Waals surface area contributed by atoms with Crippen LogP contribution < -0.4 is 20.1 Å². The number of nitrogens with zero attached hydrogens (tertiary/aromatic N) is 1. The van der Waals surface area contributed by atoms with Gasteiger partial charge in [0.05, 0.1) is 18.5 Å². The first kappa shape index (κ1) is 22.7. The van der Waals surface area contributed by atoms with Gasteiger partial charge in [0, 0.05) is 13.5 Å². The van der Waals surface area contributed by atoms with E-state index in [4.69, 9.17) is 4.18 Å². The number of carbonyl (C=O) groups excluding carboxylic acids is 2. The molecule has 3 N–H and O–H groups in total. The van der Waals surface area contributed by atoms with Crippen LogP contribution in [0.3, 0.4) is 0 Å². The molecule has 30 heavy (non-hydrogen) atoms. The van der Waals surface area contributed by atoms with Crippen molar-refractivity contribution in [1.82, 2.24) is 5.32 Å². The van der Waals surface area contributed by atoms with Gasteiger partial charge in [-0.3, -0.25) is 15.1 Å². The van der Waals surface area contributed by atoms with Gasteiger partial charge >= 0.3 is 16.2 Å². The van der Waals surface area contributed by atoms with Gasteiger partial charge in [-0.2, -0.15) is 8.42 Å². The number of benzene rings is 2. The third kappa shape index (κ3) is 6.21. The maximum absolute atomic E-state index is 12.7. The first-order valence-electron chi connectivity index (χ1n) is 8.81. The standard InChI is InChI=1S/C19H22N4O6S/c1-4-17(24)21-15-11-10-14(30(26,27)29-13-8-6-5-7-9-13)12-16(15)22-18(20-2)23-19(25)28-3/h5-12H,4H2,1-3H3,(H,21,24)(H2,20,22,23,25). The highest BCUT2D eigenvalue weighted by Gasteiger charge is 2.20. The summed E-state index contributed by atoms with van der Waals surface area (Å²) in [6.07, 6.45) is -0.565. The molecule has 0 radical (unpaired) electrons. The fourth-order valence-electron chi connectivity index (χ4n) is 2.20. The number of guanidine groups is 1. The zero-order chi connectivity index (χ0) is 22.1. The summed E-state index contributed by atoms with van der Waals surface area (Å²) in [6, 6.07) is 12.0. The maximum Gasteiger partial charge on any atom is 0.413 e. The average molecular weight is 434 g/mol. The van der Waals surface area contributed by atoms with Crippen LogP contribution in [0.2, 0.25) is 0 Å². The molecule has 0 spiro atoms. The van der Waals surface area contributed by atoms with Crippen molar-refractivity contribution in [3.63, 3.8) is 0 Å². The molecule has 0 aliphatic rings. The van der Waals surface area contributed by atoms with Gasteiger partial charge in [-0.05, 0) is 30.3 Å². The Morgan fingerprint density at radius 3 is 2.33 bits per heavy atom. The minimum Gasteiger partial charge on any atom is -0.453 e. The molecule has 0 aliphatic carbocycles. The van der Waals surface area contributed by atoms with Gasteiger partial charge < -0.3 is 19.6 Å². The molecular weight excluding hydrogens is 412 g/mol. The van der Waals surface area contributed by atoms with E-state index >= 15 is 0 Å². The number of ether oxygens (including phenoxy) is 1. The number of aliphatic imine (C=N–C) groups is 1. The lowest BCUT2D eigenvalue weighted by Gasteiger charge is -2.16. The van der Waals surface area contributed by atoms with Crippen LogP contribution in [0.15, 0.2) is 58.4 Å². The van der Waals surface area contributed by atoms with Crippen molar-refractivity contribution in [3.05, 3.63) is 48.5 Å². The van der Waals surface area contributed by atoms with Crippen LogP contribution in [0.4, 0.5) is 16.2 Å². The van der Waals surface area contributed by atoms with Crippen molar-refractivity contribution >= 4 is 39.5 Å². The maximum atomic E-state index is 12.7. The first-order chi connectivity index (χ1) is 14.3. The molecule has 160 valence electrons. The Balaban J connectivity index is 2.40. The molecule has 2 rings (SSSR count). The van der Waals surface area contributed by atoms with Crippen molar-refractivity contribution in [2.24, 2.45) is 4.99 Å². The number of methoxy groups -OCH3 is 1. The number of para-hydroxylation sites is 1. The number of hydrogen-bond acceptors (Lipinski definition) is 7. The molecule has 2 aromatic carbocycles. The predicted molar refractivity (Wildman–Crippen MR) is 112 cm³/mol.